The number of anilines is 1. The summed E-state index contributed by atoms with van der Waals surface area (Å²) in [5, 5.41) is 0. The van der Waals surface area contributed by atoms with Gasteiger partial charge in [-0.3, -0.25) is 4.79 Å². The maximum atomic E-state index is 13.3. The molecule has 28 heavy (non-hydrogen) atoms. The Morgan fingerprint density at radius 1 is 1.11 bits per heavy atom. The number of hydrogen-bond donors (Lipinski definition) is 0. The summed E-state index contributed by atoms with van der Waals surface area (Å²) in [7, 11) is -3.68. The van der Waals surface area contributed by atoms with Gasteiger partial charge >= 0.3 is 0 Å². The molecule has 3 fully saturated rings. The Morgan fingerprint density at radius 3 is 2.43 bits per heavy atom. The second kappa shape index (κ2) is 6.77. The van der Waals surface area contributed by atoms with Gasteiger partial charge in [0.05, 0.1) is 18.1 Å². The topological polar surface area (TPSA) is 76.2 Å². The lowest BCUT2D eigenvalue weighted by atomic mass is 10.1. The van der Waals surface area contributed by atoms with Gasteiger partial charge in [0.15, 0.2) is 5.79 Å². The number of benzene rings is 1. The van der Waals surface area contributed by atoms with Crippen molar-refractivity contribution < 1.29 is 22.7 Å². The first-order chi connectivity index (χ1) is 13.4. The molecule has 5 rings (SSSR count). The minimum atomic E-state index is -3.68. The van der Waals surface area contributed by atoms with Crippen LogP contribution in [0.25, 0.3) is 0 Å². The summed E-state index contributed by atoms with van der Waals surface area (Å²) in [6.45, 7) is 2.47. The lowest BCUT2D eigenvalue weighted by Crippen LogP contribution is -2.47. The summed E-state index contributed by atoms with van der Waals surface area (Å²) < 4.78 is 40.2. The summed E-state index contributed by atoms with van der Waals surface area (Å²) in [5.74, 6) is -0.381. The molecule has 1 aliphatic carbocycles. The Balaban J connectivity index is 1.42. The summed E-state index contributed by atoms with van der Waals surface area (Å²) in [6, 6.07) is 3.53. The fourth-order valence-electron chi connectivity index (χ4n) is 4.36. The fourth-order valence-corrected chi connectivity index (χ4v) is 6.87. The Hall–Kier alpha value is -1.00. The number of carbonyl (C=O) groups is 1. The number of amides is 1. The number of rotatable bonds is 3. The van der Waals surface area contributed by atoms with Gasteiger partial charge in [0.2, 0.25) is 15.9 Å². The number of hydrogen-bond acceptors (Lipinski definition) is 5. The van der Waals surface area contributed by atoms with Gasteiger partial charge < -0.3 is 14.4 Å². The van der Waals surface area contributed by atoms with Crippen molar-refractivity contribution in [3.63, 3.8) is 0 Å². The zero-order valence-corrected chi connectivity index (χ0v) is 17.9. The molecule has 3 aliphatic heterocycles. The minimum absolute atomic E-state index is 0.111. The molecule has 0 bridgehead atoms. The molecule has 0 unspecified atom stereocenters. The number of halogens is 1. The molecule has 0 aromatic heterocycles. The van der Waals surface area contributed by atoms with Gasteiger partial charge in [-0.05, 0) is 52.9 Å². The molecule has 0 N–H and O–H groups in total. The van der Waals surface area contributed by atoms with Crippen molar-refractivity contribution in [1.82, 2.24) is 4.31 Å². The van der Waals surface area contributed by atoms with Crippen molar-refractivity contribution in [1.29, 1.82) is 0 Å². The van der Waals surface area contributed by atoms with Crippen LogP contribution in [0.3, 0.4) is 0 Å². The third-order valence-electron chi connectivity index (χ3n) is 6.14. The Morgan fingerprint density at radius 2 is 1.79 bits per heavy atom. The molecule has 1 spiro atoms. The van der Waals surface area contributed by atoms with E-state index in [1.165, 1.54) is 4.31 Å². The predicted octanol–water partition coefficient (Wildman–Crippen LogP) is 2.28. The summed E-state index contributed by atoms with van der Waals surface area (Å²) >= 11 is 3.45. The number of fused-ring (bicyclic) bond motifs is 1. The van der Waals surface area contributed by atoms with Crippen LogP contribution in [-0.4, -0.2) is 57.3 Å². The Labute approximate surface area is 173 Å². The summed E-state index contributed by atoms with van der Waals surface area (Å²) in [5.41, 5.74) is 1.76. The fraction of sp³-hybridized carbons (Fsp3) is 0.632. The van der Waals surface area contributed by atoms with Crippen LogP contribution in [0.5, 0.6) is 0 Å². The maximum absolute atomic E-state index is 13.3. The SMILES string of the molecule is O=C(C1CC1)N1CCc2cc(Br)c(S(=O)(=O)N3CCC4(CC3)OCCO4)cc21. The van der Waals surface area contributed by atoms with Crippen LogP contribution in [0.1, 0.15) is 31.2 Å². The second-order valence-corrected chi connectivity index (χ2v) is 10.7. The van der Waals surface area contributed by atoms with E-state index in [1.807, 2.05) is 6.07 Å². The van der Waals surface area contributed by atoms with E-state index in [0.717, 1.165) is 30.5 Å². The van der Waals surface area contributed by atoms with E-state index in [9.17, 15) is 13.2 Å². The minimum Gasteiger partial charge on any atom is -0.347 e. The van der Waals surface area contributed by atoms with Gasteiger partial charge in [-0.2, -0.15) is 4.31 Å². The highest BCUT2D eigenvalue weighted by molar-refractivity contribution is 9.10. The van der Waals surface area contributed by atoms with Crippen molar-refractivity contribution in [2.75, 3.05) is 37.7 Å². The number of carbonyl (C=O) groups excluding carboxylic acids is 1. The van der Waals surface area contributed by atoms with E-state index in [1.54, 1.807) is 11.0 Å². The van der Waals surface area contributed by atoms with Crippen LogP contribution >= 0.6 is 15.9 Å². The lowest BCUT2D eigenvalue weighted by Gasteiger charge is -2.37. The largest absolute Gasteiger partial charge is 0.347 e. The first-order valence-electron chi connectivity index (χ1n) is 9.82. The highest BCUT2D eigenvalue weighted by Gasteiger charge is 2.43. The molecule has 2 saturated heterocycles. The lowest BCUT2D eigenvalue weighted by molar-refractivity contribution is -0.179. The van der Waals surface area contributed by atoms with Crippen molar-refractivity contribution in [2.24, 2.45) is 5.92 Å². The highest BCUT2D eigenvalue weighted by Crippen LogP contribution is 2.41. The van der Waals surface area contributed by atoms with Crippen LogP contribution in [0.15, 0.2) is 21.5 Å². The standard InChI is InChI=1S/C19H23BrN2O5S/c20-15-11-14-3-6-22(18(23)13-1-2-13)16(14)12-17(15)28(24,25)21-7-4-19(5-8-21)26-9-10-27-19/h11-13H,1-10H2. The number of piperidine rings is 1. The van der Waals surface area contributed by atoms with E-state index in [4.69, 9.17) is 9.47 Å². The average Bonchev–Trinajstić information content (AvgIpc) is 3.31. The molecule has 1 amide bonds. The number of sulfonamides is 1. The quantitative estimate of drug-likeness (QED) is 0.676. The molecule has 4 aliphatic rings. The van der Waals surface area contributed by atoms with Crippen molar-refractivity contribution in [3.8, 4) is 0 Å². The number of ether oxygens (including phenoxy) is 2. The molecule has 0 radical (unpaired) electrons. The van der Waals surface area contributed by atoms with E-state index in [2.05, 4.69) is 15.9 Å². The van der Waals surface area contributed by atoms with Crippen molar-refractivity contribution >= 4 is 37.5 Å². The van der Waals surface area contributed by atoms with Gasteiger partial charge in [0.25, 0.3) is 0 Å². The monoisotopic (exact) mass is 470 g/mol. The van der Waals surface area contributed by atoms with Crippen LogP contribution in [-0.2, 0) is 30.7 Å². The molecule has 1 aromatic carbocycles. The Kier molecular flexibility index (Phi) is 4.59. The normalized spacial score (nSPS) is 24.7. The van der Waals surface area contributed by atoms with Crippen LogP contribution < -0.4 is 4.90 Å². The zero-order valence-electron chi connectivity index (χ0n) is 15.5. The predicted molar refractivity (Wildman–Crippen MR) is 106 cm³/mol. The molecule has 1 saturated carbocycles. The smallest absolute Gasteiger partial charge is 0.244 e. The third-order valence-corrected chi connectivity index (χ3v) is 8.99. The second-order valence-electron chi connectivity index (χ2n) is 7.94. The van der Waals surface area contributed by atoms with Gasteiger partial charge in [-0.15, -0.1) is 0 Å². The molecule has 0 atom stereocenters. The molecular weight excluding hydrogens is 448 g/mol. The van der Waals surface area contributed by atoms with Gasteiger partial charge in [0.1, 0.15) is 0 Å². The van der Waals surface area contributed by atoms with E-state index in [-0.39, 0.29) is 16.7 Å². The van der Waals surface area contributed by atoms with E-state index in [0.29, 0.717) is 50.2 Å². The Bertz CT molecular complexity index is 914. The van der Waals surface area contributed by atoms with Gasteiger partial charge in [0, 0.05) is 48.6 Å². The molecule has 152 valence electrons. The molecule has 3 heterocycles. The molecule has 9 heteroatoms. The van der Waals surface area contributed by atoms with E-state index < -0.39 is 15.8 Å². The van der Waals surface area contributed by atoms with Gasteiger partial charge in [-0.25, -0.2) is 8.42 Å². The first kappa shape index (κ1) is 19.0. The third kappa shape index (κ3) is 3.11. The molecule has 7 nitrogen and oxygen atoms in total. The average molecular weight is 471 g/mol. The number of nitrogens with zero attached hydrogens (tertiary/aromatic N) is 2. The van der Waals surface area contributed by atoms with Crippen LogP contribution in [0, 0.1) is 5.92 Å². The van der Waals surface area contributed by atoms with Crippen molar-refractivity contribution in [3.05, 3.63) is 22.2 Å². The highest BCUT2D eigenvalue weighted by atomic mass is 79.9. The molecule has 1 aromatic rings. The van der Waals surface area contributed by atoms with Crippen LogP contribution in [0.2, 0.25) is 0 Å². The summed E-state index contributed by atoms with van der Waals surface area (Å²) in [6.07, 6.45) is 3.69. The van der Waals surface area contributed by atoms with Crippen molar-refractivity contribution in [2.45, 2.75) is 42.8 Å². The van der Waals surface area contributed by atoms with Gasteiger partial charge in [-0.1, -0.05) is 0 Å². The zero-order chi connectivity index (χ0) is 19.5. The molecular formula is C19H23BrN2O5S. The van der Waals surface area contributed by atoms with Crippen LogP contribution in [0.4, 0.5) is 5.69 Å². The first-order valence-corrected chi connectivity index (χ1v) is 12.0. The maximum Gasteiger partial charge on any atom is 0.244 e. The van der Waals surface area contributed by atoms with E-state index >= 15 is 0 Å². The summed E-state index contributed by atoms with van der Waals surface area (Å²) in [4.78, 5) is 14.6.